The molecular formula is C70H136O17P2. The van der Waals surface area contributed by atoms with Crippen LogP contribution in [-0.2, 0) is 65.4 Å². The molecule has 89 heavy (non-hydrogen) atoms. The number of carbonyl (C=O) groups is 4. The predicted octanol–water partition coefficient (Wildman–Crippen LogP) is 20.1. The van der Waals surface area contributed by atoms with E-state index < -0.39 is 97.5 Å². The molecule has 0 saturated carbocycles. The van der Waals surface area contributed by atoms with Crippen LogP contribution < -0.4 is 0 Å². The molecule has 19 heteroatoms. The monoisotopic (exact) mass is 1310 g/mol. The van der Waals surface area contributed by atoms with Crippen LogP contribution in [0, 0.1) is 5.92 Å². The molecular weight excluding hydrogens is 1170 g/mol. The molecule has 0 bridgehead atoms. The van der Waals surface area contributed by atoms with Crippen LogP contribution in [0.3, 0.4) is 0 Å². The Kier molecular flexibility index (Phi) is 62.1. The van der Waals surface area contributed by atoms with E-state index in [0.717, 1.165) is 102 Å². The fraction of sp³-hybridized carbons (Fsp3) is 0.943. The van der Waals surface area contributed by atoms with Crippen molar-refractivity contribution in [3.05, 3.63) is 0 Å². The Morgan fingerprint density at radius 3 is 0.764 bits per heavy atom. The van der Waals surface area contributed by atoms with Gasteiger partial charge in [0.25, 0.3) is 0 Å². The van der Waals surface area contributed by atoms with Gasteiger partial charge >= 0.3 is 39.5 Å². The third-order valence-corrected chi connectivity index (χ3v) is 18.2. The lowest BCUT2D eigenvalue weighted by molar-refractivity contribution is -0.161. The van der Waals surface area contributed by atoms with E-state index in [9.17, 15) is 43.2 Å². The van der Waals surface area contributed by atoms with Crippen LogP contribution >= 0.6 is 15.6 Å². The van der Waals surface area contributed by atoms with Crippen molar-refractivity contribution >= 4 is 39.5 Å². The van der Waals surface area contributed by atoms with E-state index in [1.807, 2.05) is 0 Å². The first kappa shape index (κ1) is 87.1. The second kappa shape index (κ2) is 63.5. The number of phosphoric ester groups is 2. The van der Waals surface area contributed by atoms with E-state index in [1.54, 1.807) is 0 Å². The quantitative estimate of drug-likeness (QED) is 0.0222. The van der Waals surface area contributed by atoms with Gasteiger partial charge in [0.05, 0.1) is 26.4 Å². The summed E-state index contributed by atoms with van der Waals surface area (Å²) in [6, 6.07) is 0. The summed E-state index contributed by atoms with van der Waals surface area (Å²) in [5.41, 5.74) is 0. The molecule has 0 aliphatic carbocycles. The van der Waals surface area contributed by atoms with Gasteiger partial charge in [-0.05, 0) is 31.6 Å². The zero-order chi connectivity index (χ0) is 65.6. The van der Waals surface area contributed by atoms with Crippen LogP contribution in [0.1, 0.15) is 362 Å². The number of unbranched alkanes of at least 4 members (excludes halogenated alkanes) is 42. The zero-order valence-corrected chi connectivity index (χ0v) is 59.4. The third-order valence-electron chi connectivity index (χ3n) is 16.3. The van der Waals surface area contributed by atoms with Crippen molar-refractivity contribution in [3.8, 4) is 0 Å². The number of hydrogen-bond acceptors (Lipinski definition) is 15. The van der Waals surface area contributed by atoms with Crippen molar-refractivity contribution in [2.75, 3.05) is 39.6 Å². The second-order valence-electron chi connectivity index (χ2n) is 25.7. The first-order valence-corrected chi connectivity index (χ1v) is 39.6. The van der Waals surface area contributed by atoms with Gasteiger partial charge in [-0.1, -0.05) is 311 Å². The standard InChI is InChI=1S/C70H136O17P2/c1-6-9-12-15-17-19-21-23-24-25-26-27-28-29-31-37-41-46-51-56-70(75)87-66(60-81-68(73)54-49-44-39-35-33-32-34-38-43-47-52-63(4)5)62-85-89(78,79)83-58-64(71)57-82-88(76,77)84-61-65(59-80-67(72)53-48-42-14-11-8-3)86-69(74)55-50-45-40-36-30-22-20-18-16-13-10-7-2/h63-66,71H,6-62H2,1-5H3,(H,76,77)(H,78,79)/t64-,65+,66+/m0/s1. The lowest BCUT2D eigenvalue weighted by Crippen LogP contribution is -2.30. The molecule has 5 atom stereocenters. The molecule has 0 aliphatic heterocycles. The summed E-state index contributed by atoms with van der Waals surface area (Å²) in [4.78, 5) is 72.3. The van der Waals surface area contributed by atoms with Gasteiger partial charge in [0.1, 0.15) is 19.3 Å². The fourth-order valence-corrected chi connectivity index (χ4v) is 12.2. The van der Waals surface area contributed by atoms with E-state index in [2.05, 4.69) is 34.6 Å². The van der Waals surface area contributed by atoms with Crippen molar-refractivity contribution in [3.63, 3.8) is 0 Å². The lowest BCUT2D eigenvalue weighted by Gasteiger charge is -2.21. The van der Waals surface area contributed by atoms with Gasteiger partial charge in [-0.3, -0.25) is 37.3 Å². The minimum atomic E-state index is -4.95. The highest BCUT2D eigenvalue weighted by atomic mass is 31.2. The van der Waals surface area contributed by atoms with Gasteiger partial charge in [-0.15, -0.1) is 0 Å². The number of aliphatic hydroxyl groups excluding tert-OH is 1. The van der Waals surface area contributed by atoms with Crippen LogP contribution in [0.5, 0.6) is 0 Å². The summed E-state index contributed by atoms with van der Waals surface area (Å²) >= 11 is 0. The smallest absolute Gasteiger partial charge is 0.462 e. The summed E-state index contributed by atoms with van der Waals surface area (Å²) in [5, 5.41) is 10.6. The molecule has 0 aliphatic rings. The zero-order valence-electron chi connectivity index (χ0n) is 57.6. The largest absolute Gasteiger partial charge is 0.472 e. The van der Waals surface area contributed by atoms with Crippen molar-refractivity contribution in [1.29, 1.82) is 0 Å². The molecule has 528 valence electrons. The Hall–Kier alpha value is -1.94. The van der Waals surface area contributed by atoms with Crippen molar-refractivity contribution in [1.82, 2.24) is 0 Å². The molecule has 0 heterocycles. The molecule has 0 fully saturated rings. The van der Waals surface area contributed by atoms with Crippen LogP contribution in [-0.4, -0.2) is 96.7 Å². The topological polar surface area (TPSA) is 237 Å². The van der Waals surface area contributed by atoms with Crippen molar-refractivity contribution in [2.24, 2.45) is 5.92 Å². The van der Waals surface area contributed by atoms with Crippen LogP contribution in [0.4, 0.5) is 0 Å². The van der Waals surface area contributed by atoms with Crippen LogP contribution in [0.2, 0.25) is 0 Å². The lowest BCUT2D eigenvalue weighted by atomic mass is 10.0. The average Bonchev–Trinajstić information content (AvgIpc) is 3.58. The second-order valence-corrected chi connectivity index (χ2v) is 28.7. The molecule has 0 aromatic heterocycles. The van der Waals surface area contributed by atoms with E-state index in [0.29, 0.717) is 25.7 Å². The molecule has 17 nitrogen and oxygen atoms in total. The van der Waals surface area contributed by atoms with E-state index >= 15 is 0 Å². The summed E-state index contributed by atoms with van der Waals surface area (Å²) < 4.78 is 68.1. The van der Waals surface area contributed by atoms with Gasteiger partial charge in [-0.25, -0.2) is 9.13 Å². The summed E-state index contributed by atoms with van der Waals surface area (Å²) in [5.74, 6) is -1.37. The number of aliphatic hydroxyl groups is 1. The molecule has 0 saturated heterocycles. The maximum atomic E-state index is 13.0. The van der Waals surface area contributed by atoms with E-state index in [1.165, 1.54) is 180 Å². The molecule has 0 rings (SSSR count). The number of rotatable bonds is 70. The van der Waals surface area contributed by atoms with Gasteiger partial charge < -0.3 is 33.8 Å². The Morgan fingerprint density at radius 2 is 0.517 bits per heavy atom. The number of esters is 4. The molecule has 0 radical (unpaired) electrons. The summed E-state index contributed by atoms with van der Waals surface area (Å²) in [6.45, 7) is 7.15. The predicted molar refractivity (Wildman–Crippen MR) is 358 cm³/mol. The Bertz CT molecular complexity index is 1720. The van der Waals surface area contributed by atoms with Gasteiger partial charge in [0.2, 0.25) is 0 Å². The van der Waals surface area contributed by atoms with Crippen molar-refractivity contribution in [2.45, 2.75) is 380 Å². The number of hydrogen-bond donors (Lipinski definition) is 3. The minimum Gasteiger partial charge on any atom is -0.462 e. The average molecular weight is 1310 g/mol. The van der Waals surface area contributed by atoms with E-state index in [-0.39, 0.29) is 25.7 Å². The molecule has 0 aromatic rings. The highest BCUT2D eigenvalue weighted by molar-refractivity contribution is 7.47. The first-order chi connectivity index (χ1) is 43.0. The summed E-state index contributed by atoms with van der Waals surface area (Å²) in [6.07, 6.45) is 50.3. The SMILES string of the molecule is CCCCCCCCCCCCCCCCCCCCCC(=O)O[C@H](COC(=O)CCCCCCCCCCCCC(C)C)COP(=O)(O)OC[C@@H](O)COP(=O)(O)OC[C@@H](COC(=O)CCCCCCC)OC(=O)CCCCCCCCCCCCCC. The fourth-order valence-electron chi connectivity index (χ4n) is 10.6. The Morgan fingerprint density at radius 1 is 0.303 bits per heavy atom. The normalized spacial score (nSPS) is 14.1. The van der Waals surface area contributed by atoms with Crippen molar-refractivity contribution < 1.29 is 80.2 Å². The molecule has 2 unspecified atom stereocenters. The molecule has 3 N–H and O–H groups in total. The highest BCUT2D eigenvalue weighted by Gasteiger charge is 2.30. The third kappa shape index (κ3) is 64.6. The van der Waals surface area contributed by atoms with E-state index in [4.69, 9.17) is 37.0 Å². The van der Waals surface area contributed by atoms with Gasteiger partial charge in [0, 0.05) is 25.7 Å². The maximum Gasteiger partial charge on any atom is 0.472 e. The van der Waals surface area contributed by atoms with Crippen LogP contribution in [0.15, 0.2) is 0 Å². The first-order valence-electron chi connectivity index (χ1n) is 36.6. The summed E-state index contributed by atoms with van der Waals surface area (Å²) in [7, 11) is -9.89. The van der Waals surface area contributed by atoms with Crippen LogP contribution in [0.25, 0.3) is 0 Å². The number of carbonyl (C=O) groups excluding carboxylic acids is 4. The Labute approximate surface area is 543 Å². The maximum absolute atomic E-state index is 13.0. The van der Waals surface area contributed by atoms with Gasteiger partial charge in [-0.2, -0.15) is 0 Å². The number of phosphoric acid groups is 2. The molecule has 0 aromatic carbocycles. The number of ether oxygens (including phenoxy) is 4. The molecule has 0 spiro atoms. The van der Waals surface area contributed by atoms with Gasteiger partial charge in [0.15, 0.2) is 12.2 Å². The Balaban J connectivity index is 5.14. The highest BCUT2D eigenvalue weighted by Crippen LogP contribution is 2.45. The molecule has 0 amide bonds. The minimum absolute atomic E-state index is 0.107.